The predicted molar refractivity (Wildman–Crippen MR) is 94.5 cm³/mol. The number of anilines is 1. The minimum atomic E-state index is -2.97. The number of benzene rings is 2. The molecule has 1 amide bonds. The van der Waals surface area contributed by atoms with Gasteiger partial charge in [0.2, 0.25) is 0 Å². The molecule has 0 unspecified atom stereocenters. The molecule has 6 heteroatoms. The van der Waals surface area contributed by atoms with Gasteiger partial charge in [0.1, 0.15) is 0 Å². The van der Waals surface area contributed by atoms with Crippen molar-refractivity contribution in [3.8, 4) is 0 Å². The first-order valence-electron chi connectivity index (χ1n) is 7.20. The second-order valence-corrected chi connectivity index (χ2v) is 8.97. The van der Waals surface area contributed by atoms with Gasteiger partial charge in [-0.1, -0.05) is 28.1 Å². The Hall–Kier alpha value is -1.66. The molecule has 0 saturated heterocycles. The molecule has 2 atom stereocenters. The standard InChI is InChI=1S/C17H16BrNO3S/c1-23(21,22)16-10-15(16)11-4-8-14(9-5-11)19-17(20)12-2-6-13(18)7-3-12/h2-9,15-16H,10H2,1H3,(H,19,20)/t15-,16+/m0/s1. The lowest BCUT2D eigenvalue weighted by Crippen LogP contribution is -2.11. The van der Waals surface area contributed by atoms with Gasteiger partial charge < -0.3 is 5.32 Å². The first-order valence-corrected chi connectivity index (χ1v) is 9.95. The smallest absolute Gasteiger partial charge is 0.255 e. The average Bonchev–Trinajstić information content (AvgIpc) is 3.29. The minimum absolute atomic E-state index is 0.0845. The number of rotatable bonds is 4. The fourth-order valence-electron chi connectivity index (χ4n) is 2.61. The topological polar surface area (TPSA) is 63.2 Å². The van der Waals surface area contributed by atoms with Crippen molar-refractivity contribution in [2.24, 2.45) is 0 Å². The zero-order chi connectivity index (χ0) is 16.6. The number of amides is 1. The highest BCUT2D eigenvalue weighted by atomic mass is 79.9. The van der Waals surface area contributed by atoms with Crippen LogP contribution in [0.5, 0.6) is 0 Å². The molecule has 2 aromatic rings. The largest absolute Gasteiger partial charge is 0.322 e. The van der Waals surface area contributed by atoms with Crippen LogP contribution in [0.4, 0.5) is 5.69 Å². The number of hydrogen-bond acceptors (Lipinski definition) is 3. The molecular formula is C17H16BrNO3S. The Morgan fingerprint density at radius 3 is 2.22 bits per heavy atom. The summed E-state index contributed by atoms with van der Waals surface area (Å²) in [7, 11) is -2.97. The average molecular weight is 394 g/mol. The van der Waals surface area contributed by atoms with Gasteiger partial charge in [-0.3, -0.25) is 4.79 Å². The normalized spacial score (nSPS) is 20.1. The van der Waals surface area contributed by atoms with Crippen LogP contribution in [0.15, 0.2) is 53.0 Å². The summed E-state index contributed by atoms with van der Waals surface area (Å²) >= 11 is 3.33. The Morgan fingerprint density at radius 1 is 1.09 bits per heavy atom. The van der Waals surface area contributed by atoms with Gasteiger partial charge in [-0.25, -0.2) is 8.42 Å². The van der Waals surface area contributed by atoms with Gasteiger partial charge in [0, 0.05) is 27.9 Å². The Kier molecular flexibility index (Phi) is 4.29. The lowest BCUT2D eigenvalue weighted by Gasteiger charge is -2.07. The van der Waals surface area contributed by atoms with Gasteiger partial charge in [-0.05, 0) is 48.4 Å². The summed E-state index contributed by atoms with van der Waals surface area (Å²) in [6, 6.07) is 14.5. The van der Waals surface area contributed by atoms with Crippen LogP contribution in [0.2, 0.25) is 0 Å². The molecule has 0 aromatic heterocycles. The van der Waals surface area contributed by atoms with Crippen LogP contribution in [0.3, 0.4) is 0 Å². The molecular weight excluding hydrogens is 378 g/mol. The summed E-state index contributed by atoms with van der Waals surface area (Å²) in [5, 5.41) is 2.57. The van der Waals surface area contributed by atoms with Crippen LogP contribution in [0, 0.1) is 0 Å². The van der Waals surface area contributed by atoms with Crippen LogP contribution in [-0.2, 0) is 9.84 Å². The Bertz CT molecular complexity index is 829. The SMILES string of the molecule is CS(=O)(=O)[C@@H]1C[C@H]1c1ccc(NC(=O)c2ccc(Br)cc2)cc1. The molecule has 23 heavy (non-hydrogen) atoms. The second kappa shape index (κ2) is 6.09. The first-order chi connectivity index (χ1) is 10.8. The van der Waals surface area contributed by atoms with E-state index in [9.17, 15) is 13.2 Å². The van der Waals surface area contributed by atoms with Gasteiger partial charge in [0.15, 0.2) is 9.84 Å². The van der Waals surface area contributed by atoms with Gasteiger partial charge >= 0.3 is 0 Å². The van der Waals surface area contributed by atoms with E-state index < -0.39 is 9.84 Å². The number of nitrogens with one attached hydrogen (secondary N) is 1. The van der Waals surface area contributed by atoms with Crippen molar-refractivity contribution >= 4 is 37.4 Å². The van der Waals surface area contributed by atoms with Gasteiger partial charge in [-0.2, -0.15) is 0 Å². The predicted octanol–water partition coefficient (Wildman–Crippen LogP) is 3.60. The van der Waals surface area contributed by atoms with E-state index in [0.29, 0.717) is 17.7 Å². The van der Waals surface area contributed by atoms with Crippen LogP contribution in [0.1, 0.15) is 28.3 Å². The second-order valence-electron chi connectivity index (χ2n) is 5.79. The summed E-state index contributed by atoms with van der Waals surface area (Å²) in [5.74, 6) is -0.0908. The Morgan fingerprint density at radius 2 is 1.70 bits per heavy atom. The van der Waals surface area contributed by atoms with Crippen molar-refractivity contribution in [1.29, 1.82) is 0 Å². The van der Waals surface area contributed by atoms with E-state index in [-0.39, 0.29) is 17.1 Å². The molecule has 1 fully saturated rings. The highest BCUT2D eigenvalue weighted by molar-refractivity contribution is 9.10. The fourth-order valence-corrected chi connectivity index (χ4v) is 4.19. The molecule has 1 aliphatic carbocycles. The highest BCUT2D eigenvalue weighted by Gasteiger charge is 2.45. The molecule has 4 nitrogen and oxygen atoms in total. The van der Waals surface area contributed by atoms with Gasteiger partial charge in [0.05, 0.1) is 5.25 Å². The molecule has 0 heterocycles. The first kappa shape index (κ1) is 16.2. The van der Waals surface area contributed by atoms with Crippen molar-refractivity contribution in [3.05, 3.63) is 64.1 Å². The van der Waals surface area contributed by atoms with E-state index in [2.05, 4.69) is 21.2 Å². The van der Waals surface area contributed by atoms with E-state index in [1.807, 2.05) is 36.4 Å². The summed E-state index contributed by atoms with van der Waals surface area (Å²) < 4.78 is 23.9. The molecule has 1 N–H and O–H groups in total. The van der Waals surface area contributed by atoms with E-state index in [1.165, 1.54) is 6.26 Å². The number of hydrogen-bond donors (Lipinski definition) is 1. The fraction of sp³-hybridized carbons (Fsp3) is 0.235. The van der Waals surface area contributed by atoms with E-state index in [1.54, 1.807) is 12.1 Å². The lowest BCUT2D eigenvalue weighted by atomic mass is 10.1. The minimum Gasteiger partial charge on any atom is -0.322 e. The van der Waals surface area contributed by atoms with Crippen molar-refractivity contribution in [1.82, 2.24) is 0 Å². The number of halogens is 1. The molecule has 120 valence electrons. The quantitative estimate of drug-likeness (QED) is 0.862. The van der Waals surface area contributed by atoms with Crippen LogP contribution < -0.4 is 5.32 Å². The maximum atomic E-state index is 12.1. The number of carbonyl (C=O) groups excluding carboxylic acids is 1. The maximum Gasteiger partial charge on any atom is 0.255 e. The van der Waals surface area contributed by atoms with Crippen molar-refractivity contribution < 1.29 is 13.2 Å². The van der Waals surface area contributed by atoms with Gasteiger partial charge in [0.25, 0.3) is 5.91 Å². The van der Waals surface area contributed by atoms with E-state index in [0.717, 1.165) is 10.0 Å². The monoisotopic (exact) mass is 393 g/mol. The zero-order valence-electron chi connectivity index (χ0n) is 12.5. The highest BCUT2D eigenvalue weighted by Crippen LogP contribution is 2.45. The van der Waals surface area contributed by atoms with Crippen LogP contribution in [0.25, 0.3) is 0 Å². The van der Waals surface area contributed by atoms with Crippen molar-refractivity contribution in [3.63, 3.8) is 0 Å². The van der Waals surface area contributed by atoms with Crippen molar-refractivity contribution in [2.75, 3.05) is 11.6 Å². The molecule has 0 spiro atoms. The third kappa shape index (κ3) is 3.82. The third-order valence-corrected chi connectivity index (χ3v) is 6.13. The third-order valence-electron chi connectivity index (χ3n) is 3.98. The molecule has 0 radical (unpaired) electrons. The van der Waals surface area contributed by atoms with Crippen molar-refractivity contribution in [2.45, 2.75) is 17.6 Å². The molecule has 1 aliphatic rings. The molecule has 1 saturated carbocycles. The van der Waals surface area contributed by atoms with Gasteiger partial charge in [-0.15, -0.1) is 0 Å². The summed E-state index contributed by atoms with van der Waals surface area (Å²) in [4.78, 5) is 12.1. The summed E-state index contributed by atoms with van der Waals surface area (Å²) in [6.45, 7) is 0. The molecule has 0 aliphatic heterocycles. The zero-order valence-corrected chi connectivity index (χ0v) is 14.9. The molecule has 3 rings (SSSR count). The summed E-state index contributed by atoms with van der Waals surface area (Å²) in [5.41, 5.74) is 2.27. The Balaban J connectivity index is 1.66. The molecule has 2 aromatic carbocycles. The van der Waals surface area contributed by atoms with E-state index >= 15 is 0 Å². The van der Waals surface area contributed by atoms with E-state index in [4.69, 9.17) is 0 Å². The number of carbonyl (C=O) groups is 1. The van der Waals surface area contributed by atoms with Crippen LogP contribution >= 0.6 is 15.9 Å². The summed E-state index contributed by atoms with van der Waals surface area (Å²) in [6.07, 6.45) is 1.97. The Labute approximate surface area is 144 Å². The number of sulfone groups is 1. The van der Waals surface area contributed by atoms with Crippen LogP contribution in [-0.4, -0.2) is 25.8 Å². The molecule has 0 bridgehead atoms. The lowest BCUT2D eigenvalue weighted by molar-refractivity contribution is 0.102. The maximum absolute atomic E-state index is 12.1.